The van der Waals surface area contributed by atoms with Crippen molar-refractivity contribution in [2.24, 2.45) is 0 Å². The average molecular weight is 222 g/mol. The monoisotopic (exact) mass is 221 g/mol. The fraction of sp³-hybridized carbons (Fsp3) is 1.00. The number of halogens is 1. The van der Waals surface area contributed by atoms with Crippen LogP contribution in [0.4, 0.5) is 0 Å². The Balaban J connectivity index is 2.04. The van der Waals surface area contributed by atoms with E-state index >= 15 is 0 Å². The first kappa shape index (κ1) is 12.2. The molecule has 0 aromatic rings. The molecule has 84 valence electrons. The average Bonchev–Trinajstić information content (AvgIpc) is 2.15. The summed E-state index contributed by atoms with van der Waals surface area (Å²) in [6, 6.07) is 0. The highest BCUT2D eigenvalue weighted by Gasteiger charge is 2.26. The van der Waals surface area contributed by atoms with Crippen molar-refractivity contribution in [2.45, 2.75) is 25.4 Å². The maximum absolute atomic E-state index is 9.73. The minimum atomic E-state index is -0.451. The van der Waals surface area contributed by atoms with E-state index in [-0.39, 0.29) is 0 Å². The minimum Gasteiger partial charge on any atom is -0.390 e. The summed E-state index contributed by atoms with van der Waals surface area (Å²) in [5.41, 5.74) is -0.451. The summed E-state index contributed by atoms with van der Waals surface area (Å²) in [6.07, 6.45) is 1.73. The summed E-state index contributed by atoms with van der Waals surface area (Å²) in [7, 11) is 0. The molecule has 1 saturated heterocycles. The molecule has 1 aliphatic heterocycles. The van der Waals surface area contributed by atoms with Gasteiger partial charge in [-0.1, -0.05) is 0 Å². The lowest BCUT2D eigenvalue weighted by atomic mass is 9.94. The molecule has 1 aliphatic rings. The standard InChI is InChI=1S/C10H20ClNO2/c1-10(13)2-5-12(6-3-10)7-9-14-8-4-11/h13H,2-9H2,1H3. The number of likely N-dealkylation sites (tertiary alicyclic amines) is 1. The zero-order valence-corrected chi connectivity index (χ0v) is 9.59. The van der Waals surface area contributed by atoms with E-state index in [1.165, 1.54) is 0 Å². The zero-order chi connectivity index (χ0) is 10.4. The summed E-state index contributed by atoms with van der Waals surface area (Å²) in [6.45, 7) is 6.18. The lowest BCUT2D eigenvalue weighted by Gasteiger charge is -2.35. The predicted octanol–water partition coefficient (Wildman–Crippen LogP) is 1.09. The number of alkyl halides is 1. The molecule has 0 radical (unpaired) electrons. The molecule has 0 atom stereocenters. The zero-order valence-electron chi connectivity index (χ0n) is 8.84. The lowest BCUT2D eigenvalue weighted by Crippen LogP contribution is -2.43. The smallest absolute Gasteiger partial charge is 0.0644 e. The molecule has 1 N–H and O–H groups in total. The van der Waals surface area contributed by atoms with E-state index in [4.69, 9.17) is 16.3 Å². The van der Waals surface area contributed by atoms with Crippen LogP contribution in [0.1, 0.15) is 19.8 Å². The maximum atomic E-state index is 9.73. The Morgan fingerprint density at radius 3 is 2.57 bits per heavy atom. The summed E-state index contributed by atoms with van der Waals surface area (Å²) >= 11 is 5.49. The largest absolute Gasteiger partial charge is 0.390 e. The van der Waals surface area contributed by atoms with Gasteiger partial charge in [-0.05, 0) is 19.8 Å². The molecule has 1 heterocycles. The van der Waals surface area contributed by atoms with Crippen LogP contribution in [-0.4, -0.2) is 54.3 Å². The van der Waals surface area contributed by atoms with E-state index in [0.29, 0.717) is 12.5 Å². The Morgan fingerprint density at radius 2 is 2.00 bits per heavy atom. The van der Waals surface area contributed by atoms with Crippen molar-refractivity contribution in [2.75, 3.05) is 38.7 Å². The van der Waals surface area contributed by atoms with Crippen LogP contribution < -0.4 is 0 Å². The van der Waals surface area contributed by atoms with Gasteiger partial charge in [0.1, 0.15) is 0 Å². The number of rotatable bonds is 5. The van der Waals surface area contributed by atoms with Gasteiger partial charge in [-0.2, -0.15) is 0 Å². The van der Waals surface area contributed by atoms with Crippen LogP contribution in [0.15, 0.2) is 0 Å². The van der Waals surface area contributed by atoms with Crippen molar-refractivity contribution in [3.63, 3.8) is 0 Å². The minimum absolute atomic E-state index is 0.451. The van der Waals surface area contributed by atoms with Gasteiger partial charge in [0.05, 0.1) is 18.8 Å². The second-order valence-electron chi connectivity index (χ2n) is 4.14. The first-order valence-corrected chi connectivity index (χ1v) is 5.76. The quantitative estimate of drug-likeness (QED) is 0.557. The molecule has 0 aromatic carbocycles. The Hall–Kier alpha value is 0.170. The third-order valence-corrected chi connectivity index (χ3v) is 2.86. The van der Waals surface area contributed by atoms with Crippen LogP contribution in [0, 0.1) is 0 Å². The fourth-order valence-corrected chi connectivity index (χ4v) is 1.72. The van der Waals surface area contributed by atoms with Gasteiger partial charge in [0.15, 0.2) is 0 Å². The van der Waals surface area contributed by atoms with Gasteiger partial charge in [0, 0.05) is 25.5 Å². The van der Waals surface area contributed by atoms with Crippen LogP contribution in [0.2, 0.25) is 0 Å². The maximum Gasteiger partial charge on any atom is 0.0644 e. The Bertz CT molecular complexity index is 154. The molecule has 1 fully saturated rings. The molecule has 0 saturated carbocycles. The van der Waals surface area contributed by atoms with Gasteiger partial charge in [-0.25, -0.2) is 0 Å². The Labute approximate surface area is 91.0 Å². The van der Waals surface area contributed by atoms with E-state index in [1.54, 1.807) is 0 Å². The van der Waals surface area contributed by atoms with Gasteiger partial charge < -0.3 is 14.7 Å². The number of piperidine rings is 1. The number of ether oxygens (including phenoxy) is 1. The van der Waals surface area contributed by atoms with E-state index in [0.717, 1.165) is 39.1 Å². The summed E-state index contributed by atoms with van der Waals surface area (Å²) in [5, 5.41) is 9.73. The van der Waals surface area contributed by atoms with Crippen molar-refractivity contribution < 1.29 is 9.84 Å². The van der Waals surface area contributed by atoms with Crippen molar-refractivity contribution in [3.8, 4) is 0 Å². The number of nitrogens with zero attached hydrogens (tertiary/aromatic N) is 1. The third-order valence-electron chi connectivity index (χ3n) is 2.71. The SMILES string of the molecule is CC1(O)CCN(CCOCCCl)CC1. The molecule has 0 aliphatic carbocycles. The van der Waals surface area contributed by atoms with Crippen LogP contribution in [0.25, 0.3) is 0 Å². The first-order valence-electron chi connectivity index (χ1n) is 5.22. The molecule has 4 heteroatoms. The third kappa shape index (κ3) is 4.60. The molecular weight excluding hydrogens is 202 g/mol. The highest BCUT2D eigenvalue weighted by molar-refractivity contribution is 6.17. The van der Waals surface area contributed by atoms with E-state index < -0.39 is 5.60 Å². The lowest BCUT2D eigenvalue weighted by molar-refractivity contribution is -0.0117. The van der Waals surface area contributed by atoms with Crippen LogP contribution in [-0.2, 0) is 4.74 Å². The van der Waals surface area contributed by atoms with Gasteiger partial charge >= 0.3 is 0 Å². The molecule has 0 aromatic heterocycles. The van der Waals surface area contributed by atoms with Gasteiger partial charge in [0.25, 0.3) is 0 Å². The molecule has 0 unspecified atom stereocenters. The van der Waals surface area contributed by atoms with Crippen molar-refractivity contribution in [1.29, 1.82) is 0 Å². The Kier molecular flexibility index (Phi) is 5.17. The van der Waals surface area contributed by atoms with E-state index in [2.05, 4.69) is 4.90 Å². The van der Waals surface area contributed by atoms with E-state index in [1.807, 2.05) is 6.92 Å². The normalized spacial score (nSPS) is 22.5. The molecule has 3 nitrogen and oxygen atoms in total. The second kappa shape index (κ2) is 5.91. The topological polar surface area (TPSA) is 32.7 Å². The van der Waals surface area contributed by atoms with Crippen molar-refractivity contribution >= 4 is 11.6 Å². The fourth-order valence-electron chi connectivity index (χ4n) is 1.61. The molecule has 0 amide bonds. The van der Waals surface area contributed by atoms with Gasteiger partial charge in [-0.15, -0.1) is 11.6 Å². The molecular formula is C10H20ClNO2. The predicted molar refractivity (Wildman–Crippen MR) is 57.8 cm³/mol. The van der Waals surface area contributed by atoms with Crippen LogP contribution >= 0.6 is 11.6 Å². The Morgan fingerprint density at radius 1 is 1.36 bits per heavy atom. The number of hydrogen-bond donors (Lipinski definition) is 1. The highest BCUT2D eigenvalue weighted by Crippen LogP contribution is 2.20. The summed E-state index contributed by atoms with van der Waals surface area (Å²) in [4.78, 5) is 2.33. The van der Waals surface area contributed by atoms with Gasteiger partial charge in [-0.3, -0.25) is 0 Å². The van der Waals surface area contributed by atoms with Crippen LogP contribution in [0.5, 0.6) is 0 Å². The number of aliphatic hydroxyl groups is 1. The molecule has 0 spiro atoms. The second-order valence-corrected chi connectivity index (χ2v) is 4.52. The van der Waals surface area contributed by atoms with Crippen molar-refractivity contribution in [1.82, 2.24) is 4.90 Å². The molecule has 0 bridgehead atoms. The highest BCUT2D eigenvalue weighted by atomic mass is 35.5. The van der Waals surface area contributed by atoms with E-state index in [9.17, 15) is 5.11 Å². The first-order chi connectivity index (χ1) is 6.64. The molecule has 1 rings (SSSR count). The van der Waals surface area contributed by atoms with Crippen LogP contribution in [0.3, 0.4) is 0 Å². The number of hydrogen-bond acceptors (Lipinski definition) is 3. The van der Waals surface area contributed by atoms with Gasteiger partial charge in [0.2, 0.25) is 0 Å². The van der Waals surface area contributed by atoms with Crippen molar-refractivity contribution in [3.05, 3.63) is 0 Å². The summed E-state index contributed by atoms with van der Waals surface area (Å²) in [5.74, 6) is 0.564. The molecule has 14 heavy (non-hydrogen) atoms. The summed E-state index contributed by atoms with van der Waals surface area (Å²) < 4.78 is 5.30.